The quantitative estimate of drug-likeness (QED) is 0.572. The van der Waals surface area contributed by atoms with Crippen molar-refractivity contribution in [3.8, 4) is 0 Å². The Morgan fingerprint density at radius 3 is 2.17 bits per heavy atom. The lowest BCUT2D eigenvalue weighted by Crippen LogP contribution is -2.11. The van der Waals surface area contributed by atoms with Crippen LogP contribution in [0.2, 0.25) is 0 Å². The van der Waals surface area contributed by atoms with Crippen molar-refractivity contribution in [2.75, 3.05) is 12.4 Å². The molecule has 0 aliphatic heterocycles. The molecule has 0 spiro atoms. The molecule has 18 heavy (non-hydrogen) atoms. The van der Waals surface area contributed by atoms with Gasteiger partial charge in [-0.1, -0.05) is 0 Å². The van der Waals surface area contributed by atoms with Gasteiger partial charge in [0.25, 0.3) is 11.4 Å². The maximum atomic E-state index is 11.6. The van der Waals surface area contributed by atoms with E-state index in [0.717, 1.165) is 12.1 Å². The topological polar surface area (TPSA) is 140 Å². The number of hydrogen-bond donors (Lipinski definition) is 0. The van der Waals surface area contributed by atoms with Gasteiger partial charge in [-0.3, -0.25) is 20.2 Å². The molecule has 1 aromatic carbocycles. The fourth-order valence-electron chi connectivity index (χ4n) is 1.24. The summed E-state index contributed by atoms with van der Waals surface area (Å²) in [5, 5.41) is 31.5. The standard InChI is InChI=1S/C8H7N2O7S/c11-3-4-18(16,17)8-2-1-6(9(12)13)5-7(8)10(14)15/h1-2,5H,3-4H2. The second-order valence-corrected chi connectivity index (χ2v) is 5.27. The number of benzene rings is 1. The van der Waals surface area contributed by atoms with E-state index >= 15 is 0 Å². The molecule has 9 nitrogen and oxygen atoms in total. The van der Waals surface area contributed by atoms with Crippen LogP contribution in [-0.4, -0.2) is 30.6 Å². The maximum Gasteiger partial charge on any atom is 0.294 e. The van der Waals surface area contributed by atoms with Crippen LogP contribution >= 0.6 is 0 Å². The van der Waals surface area contributed by atoms with Crippen LogP contribution in [0.3, 0.4) is 0 Å². The van der Waals surface area contributed by atoms with E-state index in [9.17, 15) is 33.8 Å². The van der Waals surface area contributed by atoms with Crippen LogP contribution in [0.15, 0.2) is 23.1 Å². The van der Waals surface area contributed by atoms with Gasteiger partial charge in [-0.15, -0.1) is 0 Å². The SMILES string of the molecule is [O]CCS(=O)(=O)c1ccc([N+](=O)[O-])cc1[N+](=O)[O-]. The van der Waals surface area contributed by atoms with E-state index in [1.54, 1.807) is 0 Å². The highest BCUT2D eigenvalue weighted by Gasteiger charge is 2.28. The van der Waals surface area contributed by atoms with Crippen LogP contribution in [-0.2, 0) is 14.9 Å². The van der Waals surface area contributed by atoms with E-state index in [4.69, 9.17) is 0 Å². The lowest BCUT2D eigenvalue weighted by Gasteiger charge is -2.03. The molecule has 0 bridgehead atoms. The third-order valence-corrected chi connectivity index (χ3v) is 3.76. The molecule has 1 radical (unpaired) electrons. The Morgan fingerprint density at radius 1 is 1.11 bits per heavy atom. The minimum absolute atomic E-state index is 0.553. The van der Waals surface area contributed by atoms with Crippen molar-refractivity contribution in [3.63, 3.8) is 0 Å². The molecule has 0 amide bonds. The molecule has 97 valence electrons. The van der Waals surface area contributed by atoms with Crippen LogP contribution < -0.4 is 0 Å². The summed E-state index contributed by atoms with van der Waals surface area (Å²) in [5.74, 6) is -0.800. The highest BCUT2D eigenvalue weighted by atomic mass is 32.2. The molecule has 1 rings (SSSR count). The summed E-state index contributed by atoms with van der Waals surface area (Å²) in [6.45, 7) is -0.948. The predicted octanol–water partition coefficient (Wildman–Crippen LogP) is 0.707. The fourth-order valence-corrected chi connectivity index (χ4v) is 2.41. The molecule has 0 saturated carbocycles. The van der Waals surface area contributed by atoms with Crippen molar-refractivity contribution >= 4 is 21.2 Å². The van der Waals surface area contributed by atoms with E-state index in [2.05, 4.69) is 0 Å². The molecule has 0 N–H and O–H groups in total. The monoisotopic (exact) mass is 275 g/mol. The molecular weight excluding hydrogens is 268 g/mol. The molecule has 0 aromatic heterocycles. The number of sulfone groups is 1. The average Bonchev–Trinajstić information content (AvgIpc) is 2.27. The molecule has 0 saturated heterocycles. The molecule has 0 unspecified atom stereocenters. The first-order valence-electron chi connectivity index (χ1n) is 4.53. The highest BCUT2D eigenvalue weighted by molar-refractivity contribution is 7.91. The molecule has 0 fully saturated rings. The van der Waals surface area contributed by atoms with Crippen molar-refractivity contribution in [1.82, 2.24) is 0 Å². The van der Waals surface area contributed by atoms with Crippen molar-refractivity contribution in [2.45, 2.75) is 4.90 Å². The number of nitro groups is 2. The second kappa shape index (κ2) is 5.06. The molecular formula is C8H7N2O7S. The Hall–Kier alpha value is -2.07. The van der Waals surface area contributed by atoms with Gasteiger partial charge in [0.2, 0.25) is 0 Å². The third-order valence-electron chi connectivity index (χ3n) is 2.04. The first-order valence-corrected chi connectivity index (χ1v) is 6.18. The van der Waals surface area contributed by atoms with Gasteiger partial charge < -0.3 is 0 Å². The van der Waals surface area contributed by atoms with Crippen molar-refractivity contribution < 1.29 is 23.4 Å². The summed E-state index contributed by atoms with van der Waals surface area (Å²) in [6, 6.07) is 2.16. The summed E-state index contributed by atoms with van der Waals surface area (Å²) >= 11 is 0. The zero-order valence-electron chi connectivity index (χ0n) is 8.81. The summed E-state index contributed by atoms with van der Waals surface area (Å²) in [4.78, 5) is 18.5. The number of rotatable bonds is 5. The third kappa shape index (κ3) is 2.78. The lowest BCUT2D eigenvalue weighted by molar-refractivity contribution is -0.396. The van der Waals surface area contributed by atoms with Crippen LogP contribution in [0.1, 0.15) is 0 Å². The normalized spacial score (nSPS) is 11.2. The van der Waals surface area contributed by atoms with Crippen LogP contribution in [0, 0.1) is 20.2 Å². The summed E-state index contributed by atoms with van der Waals surface area (Å²) in [5.41, 5.74) is -1.50. The molecule has 10 heteroatoms. The van der Waals surface area contributed by atoms with Gasteiger partial charge >= 0.3 is 0 Å². The Labute approximate surface area is 101 Å². The Kier molecular flexibility index (Phi) is 3.93. The Bertz CT molecular complexity index is 595. The zero-order chi connectivity index (χ0) is 13.9. The highest BCUT2D eigenvalue weighted by Crippen LogP contribution is 2.28. The van der Waals surface area contributed by atoms with E-state index in [1.165, 1.54) is 0 Å². The van der Waals surface area contributed by atoms with Gasteiger partial charge in [-0.05, 0) is 6.07 Å². The molecule has 0 heterocycles. The Morgan fingerprint density at radius 2 is 1.72 bits per heavy atom. The van der Waals surface area contributed by atoms with Crippen LogP contribution in [0.5, 0.6) is 0 Å². The zero-order valence-corrected chi connectivity index (χ0v) is 9.62. The summed E-state index contributed by atoms with van der Waals surface area (Å²) < 4.78 is 23.1. The van der Waals surface area contributed by atoms with Gasteiger partial charge in [0.05, 0.1) is 28.3 Å². The van der Waals surface area contributed by atoms with Crippen molar-refractivity contribution in [2.24, 2.45) is 0 Å². The lowest BCUT2D eigenvalue weighted by atomic mass is 10.3. The second-order valence-electron chi connectivity index (χ2n) is 3.19. The molecule has 1 aromatic rings. The van der Waals surface area contributed by atoms with Crippen molar-refractivity contribution in [1.29, 1.82) is 0 Å². The number of non-ortho nitro benzene ring substituents is 1. The van der Waals surface area contributed by atoms with Crippen molar-refractivity contribution in [3.05, 3.63) is 38.4 Å². The summed E-state index contributed by atoms with van der Waals surface area (Å²) in [6.07, 6.45) is 0. The molecule has 0 aliphatic carbocycles. The van der Waals surface area contributed by atoms with Gasteiger partial charge in [0.15, 0.2) is 9.84 Å². The van der Waals surface area contributed by atoms with Gasteiger partial charge in [-0.25, -0.2) is 13.5 Å². The largest absolute Gasteiger partial charge is 0.294 e. The molecule has 0 aliphatic rings. The van der Waals surface area contributed by atoms with E-state index in [-0.39, 0.29) is 0 Å². The van der Waals surface area contributed by atoms with Gasteiger partial charge in [-0.2, -0.15) is 0 Å². The van der Waals surface area contributed by atoms with E-state index < -0.39 is 48.3 Å². The Balaban J connectivity index is 3.46. The number of nitrogens with zero attached hydrogens (tertiary/aromatic N) is 2. The number of nitro benzene ring substituents is 2. The average molecular weight is 275 g/mol. The molecule has 0 atom stereocenters. The van der Waals surface area contributed by atoms with Gasteiger partial charge in [0, 0.05) is 6.07 Å². The minimum Gasteiger partial charge on any atom is -0.258 e. The van der Waals surface area contributed by atoms with Crippen LogP contribution in [0.4, 0.5) is 11.4 Å². The van der Waals surface area contributed by atoms with E-state index in [1.807, 2.05) is 0 Å². The smallest absolute Gasteiger partial charge is 0.258 e. The van der Waals surface area contributed by atoms with E-state index in [0.29, 0.717) is 6.07 Å². The summed E-state index contributed by atoms with van der Waals surface area (Å²) in [7, 11) is -4.11. The fraction of sp³-hybridized carbons (Fsp3) is 0.250. The maximum absolute atomic E-state index is 11.6. The first kappa shape index (κ1) is 14.0. The van der Waals surface area contributed by atoms with Gasteiger partial charge in [0.1, 0.15) is 4.90 Å². The minimum atomic E-state index is -4.11. The first-order chi connectivity index (χ1) is 8.29. The number of hydrogen-bond acceptors (Lipinski definition) is 6. The van der Waals surface area contributed by atoms with Crippen LogP contribution in [0.25, 0.3) is 0 Å². The predicted molar refractivity (Wildman–Crippen MR) is 57.4 cm³/mol.